The lowest BCUT2D eigenvalue weighted by molar-refractivity contribution is 0.0475. The third-order valence-electron chi connectivity index (χ3n) is 7.06. The van der Waals surface area contributed by atoms with E-state index >= 15 is 0 Å². The lowest BCUT2D eigenvalue weighted by Gasteiger charge is -2.40. The van der Waals surface area contributed by atoms with Gasteiger partial charge in [0.2, 0.25) is 0 Å². The van der Waals surface area contributed by atoms with Gasteiger partial charge in [-0.1, -0.05) is 48.5 Å². The van der Waals surface area contributed by atoms with Crippen LogP contribution >= 0.6 is 0 Å². The number of amides is 1. The number of likely N-dealkylation sites (tertiary alicyclic amines) is 1. The minimum Gasteiger partial charge on any atom is -0.444 e. The molecule has 0 spiro atoms. The SMILES string of the molecule is CC(C)(C)OC(=O)NC1CCN(CC23CC(c4ccccc42)c2ccccc23)CC1. The number of hydrogen-bond donors (Lipinski definition) is 1. The van der Waals surface area contributed by atoms with Gasteiger partial charge in [0.05, 0.1) is 0 Å². The first kappa shape index (κ1) is 19.6. The van der Waals surface area contributed by atoms with Crippen molar-refractivity contribution in [2.24, 2.45) is 0 Å². The Hall–Kier alpha value is -2.33. The van der Waals surface area contributed by atoms with Gasteiger partial charge in [0, 0.05) is 37.0 Å². The maximum Gasteiger partial charge on any atom is 0.407 e. The Morgan fingerprint density at radius 2 is 1.60 bits per heavy atom. The van der Waals surface area contributed by atoms with Crippen molar-refractivity contribution in [2.75, 3.05) is 19.6 Å². The molecule has 2 aromatic rings. The topological polar surface area (TPSA) is 41.6 Å². The smallest absolute Gasteiger partial charge is 0.407 e. The predicted molar refractivity (Wildman–Crippen MR) is 119 cm³/mol. The monoisotopic (exact) mass is 404 g/mol. The summed E-state index contributed by atoms with van der Waals surface area (Å²) in [5.41, 5.74) is 5.77. The fourth-order valence-corrected chi connectivity index (χ4v) is 5.90. The number of nitrogens with one attached hydrogen (secondary N) is 1. The van der Waals surface area contributed by atoms with Crippen molar-refractivity contribution in [3.8, 4) is 0 Å². The summed E-state index contributed by atoms with van der Waals surface area (Å²) in [7, 11) is 0. The maximum atomic E-state index is 12.1. The summed E-state index contributed by atoms with van der Waals surface area (Å²) in [6.45, 7) is 8.80. The molecule has 1 aliphatic heterocycles. The van der Waals surface area contributed by atoms with Crippen LogP contribution in [0, 0.1) is 0 Å². The van der Waals surface area contributed by atoms with Crippen molar-refractivity contribution in [1.82, 2.24) is 10.2 Å². The molecular formula is C26H32N2O2. The number of rotatable bonds is 3. The second kappa shape index (κ2) is 7.12. The molecule has 0 unspecified atom stereocenters. The average Bonchev–Trinajstić information content (AvgIpc) is 3.21. The van der Waals surface area contributed by atoms with Gasteiger partial charge in [-0.15, -0.1) is 0 Å². The average molecular weight is 405 g/mol. The number of carbonyl (C=O) groups is 1. The van der Waals surface area contributed by atoms with Crippen LogP contribution in [0.4, 0.5) is 4.79 Å². The summed E-state index contributed by atoms with van der Waals surface area (Å²) < 4.78 is 5.43. The largest absolute Gasteiger partial charge is 0.444 e. The van der Waals surface area contributed by atoms with Gasteiger partial charge in [0.1, 0.15) is 5.60 Å². The highest BCUT2D eigenvalue weighted by molar-refractivity contribution is 5.68. The van der Waals surface area contributed by atoms with Gasteiger partial charge in [-0.05, 0) is 62.3 Å². The highest BCUT2D eigenvalue weighted by atomic mass is 16.6. The lowest BCUT2D eigenvalue weighted by Crippen LogP contribution is -2.49. The lowest BCUT2D eigenvalue weighted by atomic mass is 9.74. The number of ether oxygens (including phenoxy) is 1. The Labute approximate surface area is 179 Å². The summed E-state index contributed by atoms with van der Waals surface area (Å²) in [5.74, 6) is 0.545. The molecule has 1 fully saturated rings. The molecule has 1 saturated heterocycles. The van der Waals surface area contributed by atoms with Crippen molar-refractivity contribution in [1.29, 1.82) is 0 Å². The molecule has 2 aliphatic carbocycles. The minimum absolute atomic E-state index is 0.114. The van der Waals surface area contributed by atoms with Crippen LogP contribution in [0.15, 0.2) is 48.5 Å². The Morgan fingerprint density at radius 1 is 1.03 bits per heavy atom. The van der Waals surface area contributed by atoms with Crippen LogP contribution in [0.3, 0.4) is 0 Å². The van der Waals surface area contributed by atoms with Crippen LogP contribution in [-0.4, -0.2) is 42.3 Å². The zero-order valence-corrected chi connectivity index (χ0v) is 18.3. The Kier molecular flexibility index (Phi) is 4.66. The number of benzene rings is 2. The molecule has 0 saturated carbocycles. The van der Waals surface area contributed by atoms with Crippen molar-refractivity contribution in [3.05, 3.63) is 70.8 Å². The van der Waals surface area contributed by atoms with E-state index in [1.807, 2.05) is 20.8 Å². The molecule has 30 heavy (non-hydrogen) atoms. The van der Waals surface area contributed by atoms with Gasteiger partial charge >= 0.3 is 6.09 Å². The van der Waals surface area contributed by atoms with Crippen LogP contribution in [0.2, 0.25) is 0 Å². The van der Waals surface area contributed by atoms with E-state index in [0.717, 1.165) is 32.5 Å². The molecular weight excluding hydrogens is 372 g/mol. The molecule has 2 aromatic carbocycles. The highest BCUT2D eigenvalue weighted by Crippen LogP contribution is 2.60. The minimum atomic E-state index is -0.452. The first-order valence-electron chi connectivity index (χ1n) is 11.3. The van der Waals surface area contributed by atoms with Crippen LogP contribution in [0.25, 0.3) is 0 Å². The van der Waals surface area contributed by atoms with Crippen molar-refractivity contribution in [3.63, 3.8) is 0 Å². The molecule has 5 rings (SSSR count). The first-order valence-corrected chi connectivity index (χ1v) is 11.3. The second-order valence-corrected chi connectivity index (χ2v) is 10.2. The Bertz CT molecular complexity index is 906. The quantitative estimate of drug-likeness (QED) is 0.798. The molecule has 0 radical (unpaired) electrons. The number of carbonyl (C=O) groups excluding carboxylic acids is 1. The van der Waals surface area contributed by atoms with Gasteiger partial charge in [-0.25, -0.2) is 4.79 Å². The van der Waals surface area contributed by atoms with Crippen molar-refractivity contribution < 1.29 is 9.53 Å². The number of fused-ring (bicyclic) bond motifs is 8. The van der Waals surface area contributed by atoms with E-state index in [9.17, 15) is 4.79 Å². The molecule has 1 heterocycles. The third kappa shape index (κ3) is 3.31. The number of nitrogens with zero attached hydrogens (tertiary/aromatic N) is 1. The number of hydrogen-bond acceptors (Lipinski definition) is 3. The summed E-state index contributed by atoms with van der Waals surface area (Å²) in [4.78, 5) is 14.7. The van der Waals surface area contributed by atoms with Gasteiger partial charge in [0.25, 0.3) is 0 Å². The third-order valence-corrected chi connectivity index (χ3v) is 7.06. The molecule has 1 amide bonds. The zero-order chi connectivity index (χ0) is 20.9. The maximum absolute atomic E-state index is 12.1. The normalized spacial score (nSPS) is 25.6. The van der Waals surface area contributed by atoms with Gasteiger partial charge in [0.15, 0.2) is 0 Å². The van der Waals surface area contributed by atoms with Crippen LogP contribution in [-0.2, 0) is 10.2 Å². The van der Waals surface area contributed by atoms with E-state index < -0.39 is 5.60 Å². The molecule has 1 N–H and O–H groups in total. The summed E-state index contributed by atoms with van der Waals surface area (Å²) in [6, 6.07) is 18.3. The molecule has 4 nitrogen and oxygen atoms in total. The van der Waals surface area contributed by atoms with E-state index in [4.69, 9.17) is 4.74 Å². The number of piperidine rings is 1. The summed E-state index contributed by atoms with van der Waals surface area (Å²) in [6.07, 6.45) is 2.85. The van der Waals surface area contributed by atoms with E-state index in [1.165, 1.54) is 28.7 Å². The number of alkyl carbamates (subject to hydrolysis) is 1. The zero-order valence-electron chi connectivity index (χ0n) is 18.3. The first-order chi connectivity index (χ1) is 14.4. The standard InChI is InChI=1S/C26H32N2O2/c1-25(2,3)30-24(29)27-18-12-14-28(15-13-18)17-26-16-21(19-8-4-6-10-22(19)26)20-9-5-7-11-23(20)26/h4-11,18,21H,12-17H2,1-3H3,(H,27,29). The molecule has 158 valence electrons. The van der Waals surface area contributed by atoms with Crippen LogP contribution in [0.1, 0.15) is 68.2 Å². The summed E-state index contributed by atoms with van der Waals surface area (Å²) in [5, 5.41) is 3.06. The second-order valence-electron chi connectivity index (χ2n) is 10.2. The van der Waals surface area contributed by atoms with E-state index in [0.29, 0.717) is 5.92 Å². The van der Waals surface area contributed by atoms with Gasteiger partial charge in [-0.2, -0.15) is 0 Å². The fraction of sp³-hybridized carbons (Fsp3) is 0.500. The highest BCUT2D eigenvalue weighted by Gasteiger charge is 2.53. The summed E-state index contributed by atoms with van der Waals surface area (Å²) >= 11 is 0. The molecule has 0 atom stereocenters. The molecule has 2 bridgehead atoms. The van der Waals surface area contributed by atoms with Gasteiger partial charge in [-0.3, -0.25) is 0 Å². The Morgan fingerprint density at radius 3 is 2.17 bits per heavy atom. The van der Waals surface area contributed by atoms with E-state index in [-0.39, 0.29) is 17.6 Å². The Balaban J connectivity index is 1.29. The van der Waals surface area contributed by atoms with Crippen molar-refractivity contribution >= 4 is 6.09 Å². The van der Waals surface area contributed by atoms with Crippen molar-refractivity contribution in [2.45, 2.75) is 63.0 Å². The van der Waals surface area contributed by atoms with E-state index in [1.54, 1.807) is 0 Å². The predicted octanol–water partition coefficient (Wildman–Crippen LogP) is 4.81. The van der Waals surface area contributed by atoms with Crippen LogP contribution in [0.5, 0.6) is 0 Å². The molecule has 0 aromatic heterocycles. The fourth-order valence-electron chi connectivity index (χ4n) is 5.90. The van der Waals surface area contributed by atoms with Gasteiger partial charge < -0.3 is 15.0 Å². The molecule has 3 aliphatic rings. The molecule has 4 heteroatoms. The van der Waals surface area contributed by atoms with Crippen LogP contribution < -0.4 is 5.32 Å². The van der Waals surface area contributed by atoms with E-state index in [2.05, 4.69) is 58.7 Å².